The van der Waals surface area contributed by atoms with E-state index in [0.717, 1.165) is 17.1 Å². The number of benzene rings is 1. The maximum absolute atomic E-state index is 5.43. The minimum absolute atomic E-state index is 0.269. The number of methoxy groups -OCH3 is 1. The SMILES string of the molecule is COc1cnc(NCc2cccc3c2OCO3)nc1. The fourth-order valence-electron chi connectivity index (χ4n) is 1.82. The lowest BCUT2D eigenvalue weighted by Crippen LogP contribution is -2.04. The summed E-state index contributed by atoms with van der Waals surface area (Å²) < 4.78 is 15.8. The Balaban J connectivity index is 1.70. The third-order valence-corrected chi connectivity index (χ3v) is 2.78. The van der Waals surface area contributed by atoms with Crippen molar-refractivity contribution in [1.29, 1.82) is 0 Å². The minimum atomic E-state index is 0.269. The normalized spacial score (nSPS) is 12.3. The van der Waals surface area contributed by atoms with E-state index in [1.54, 1.807) is 19.5 Å². The third-order valence-electron chi connectivity index (χ3n) is 2.78. The van der Waals surface area contributed by atoms with Crippen LogP contribution in [-0.2, 0) is 6.54 Å². The molecular formula is C13H13N3O3. The molecule has 2 aromatic rings. The Morgan fingerprint density at radius 3 is 2.89 bits per heavy atom. The molecular weight excluding hydrogens is 246 g/mol. The first-order valence-electron chi connectivity index (χ1n) is 5.84. The van der Waals surface area contributed by atoms with Crippen LogP contribution in [0.5, 0.6) is 17.2 Å². The lowest BCUT2D eigenvalue weighted by atomic mass is 10.2. The van der Waals surface area contributed by atoms with Gasteiger partial charge in [-0.1, -0.05) is 12.1 Å². The largest absolute Gasteiger partial charge is 0.494 e. The van der Waals surface area contributed by atoms with E-state index in [9.17, 15) is 0 Å². The van der Waals surface area contributed by atoms with Crippen molar-refractivity contribution in [3.05, 3.63) is 36.2 Å². The number of anilines is 1. The van der Waals surface area contributed by atoms with Crippen LogP contribution in [-0.4, -0.2) is 23.9 Å². The highest BCUT2D eigenvalue weighted by molar-refractivity contribution is 5.49. The summed E-state index contributed by atoms with van der Waals surface area (Å²) in [6, 6.07) is 5.79. The molecule has 19 heavy (non-hydrogen) atoms. The van der Waals surface area contributed by atoms with Crippen LogP contribution in [0.25, 0.3) is 0 Å². The van der Waals surface area contributed by atoms with E-state index in [4.69, 9.17) is 14.2 Å². The summed E-state index contributed by atoms with van der Waals surface area (Å²) in [6.45, 7) is 0.838. The maximum atomic E-state index is 5.43. The zero-order chi connectivity index (χ0) is 13.1. The van der Waals surface area contributed by atoms with Gasteiger partial charge in [-0.05, 0) is 6.07 Å². The topological polar surface area (TPSA) is 65.5 Å². The number of hydrogen-bond acceptors (Lipinski definition) is 6. The predicted molar refractivity (Wildman–Crippen MR) is 68.5 cm³/mol. The predicted octanol–water partition coefficient (Wildman–Crippen LogP) is 1.83. The average molecular weight is 259 g/mol. The molecule has 2 heterocycles. The second-order valence-corrected chi connectivity index (χ2v) is 3.95. The molecule has 1 aromatic carbocycles. The summed E-state index contributed by atoms with van der Waals surface area (Å²) in [5, 5.41) is 3.13. The van der Waals surface area contributed by atoms with Crippen molar-refractivity contribution in [2.45, 2.75) is 6.54 Å². The fraction of sp³-hybridized carbons (Fsp3) is 0.231. The summed E-state index contributed by atoms with van der Waals surface area (Å²) in [4.78, 5) is 8.28. The quantitative estimate of drug-likeness (QED) is 0.903. The van der Waals surface area contributed by atoms with Gasteiger partial charge in [-0.25, -0.2) is 9.97 Å². The number of nitrogens with zero attached hydrogens (tertiary/aromatic N) is 2. The summed E-state index contributed by atoms with van der Waals surface area (Å²) in [5.74, 6) is 2.72. The lowest BCUT2D eigenvalue weighted by Gasteiger charge is -2.07. The number of ether oxygens (including phenoxy) is 3. The van der Waals surface area contributed by atoms with Crippen LogP contribution >= 0.6 is 0 Å². The van der Waals surface area contributed by atoms with Gasteiger partial charge in [0.05, 0.1) is 19.5 Å². The average Bonchev–Trinajstić information content (AvgIpc) is 2.94. The highest BCUT2D eigenvalue weighted by atomic mass is 16.7. The van der Waals surface area contributed by atoms with Gasteiger partial charge in [-0.2, -0.15) is 0 Å². The number of hydrogen-bond donors (Lipinski definition) is 1. The molecule has 0 saturated carbocycles. The molecule has 1 aliphatic heterocycles. The van der Waals surface area contributed by atoms with Gasteiger partial charge in [0.2, 0.25) is 12.7 Å². The van der Waals surface area contributed by atoms with Crippen molar-refractivity contribution >= 4 is 5.95 Å². The van der Waals surface area contributed by atoms with Crippen LogP contribution in [0.1, 0.15) is 5.56 Å². The zero-order valence-corrected chi connectivity index (χ0v) is 10.4. The van der Waals surface area contributed by atoms with E-state index in [1.807, 2.05) is 18.2 Å². The molecule has 1 N–H and O–H groups in total. The minimum Gasteiger partial charge on any atom is -0.494 e. The Morgan fingerprint density at radius 2 is 2.11 bits per heavy atom. The first kappa shape index (κ1) is 11.6. The van der Waals surface area contributed by atoms with Gasteiger partial charge < -0.3 is 19.5 Å². The summed E-state index contributed by atoms with van der Waals surface area (Å²) in [5.41, 5.74) is 1.01. The maximum Gasteiger partial charge on any atom is 0.231 e. The summed E-state index contributed by atoms with van der Waals surface area (Å²) >= 11 is 0. The van der Waals surface area contributed by atoms with Crippen LogP contribution in [0.15, 0.2) is 30.6 Å². The first-order valence-corrected chi connectivity index (χ1v) is 5.84. The highest BCUT2D eigenvalue weighted by Gasteiger charge is 2.16. The molecule has 0 bridgehead atoms. The van der Waals surface area contributed by atoms with Crippen molar-refractivity contribution in [3.8, 4) is 17.2 Å². The molecule has 0 aliphatic carbocycles. The van der Waals surface area contributed by atoms with Crippen LogP contribution in [0.2, 0.25) is 0 Å². The molecule has 1 aliphatic rings. The van der Waals surface area contributed by atoms with Gasteiger partial charge in [0, 0.05) is 12.1 Å². The van der Waals surface area contributed by atoms with E-state index in [-0.39, 0.29) is 6.79 Å². The Kier molecular flexibility index (Phi) is 3.06. The van der Waals surface area contributed by atoms with Gasteiger partial charge in [-0.3, -0.25) is 0 Å². The standard InChI is InChI=1S/C13H13N3O3/c1-17-10-6-15-13(16-7-10)14-5-9-3-2-4-11-12(9)19-8-18-11/h2-4,6-7H,5,8H2,1H3,(H,14,15,16). The van der Waals surface area contributed by atoms with Crippen molar-refractivity contribution in [2.75, 3.05) is 19.2 Å². The number of nitrogens with one attached hydrogen (secondary N) is 1. The van der Waals surface area contributed by atoms with Crippen LogP contribution in [0, 0.1) is 0 Å². The monoisotopic (exact) mass is 259 g/mol. The van der Waals surface area contributed by atoms with Crippen LogP contribution in [0.3, 0.4) is 0 Å². The van der Waals surface area contributed by atoms with Crippen molar-refractivity contribution in [3.63, 3.8) is 0 Å². The fourth-order valence-corrected chi connectivity index (χ4v) is 1.82. The van der Waals surface area contributed by atoms with E-state index in [0.29, 0.717) is 18.2 Å². The molecule has 0 atom stereocenters. The smallest absolute Gasteiger partial charge is 0.231 e. The molecule has 0 amide bonds. The molecule has 6 nitrogen and oxygen atoms in total. The highest BCUT2D eigenvalue weighted by Crippen LogP contribution is 2.35. The number of aromatic nitrogens is 2. The van der Waals surface area contributed by atoms with Gasteiger partial charge in [-0.15, -0.1) is 0 Å². The summed E-state index contributed by atoms with van der Waals surface area (Å²) in [6.07, 6.45) is 3.23. The van der Waals surface area contributed by atoms with E-state index in [1.165, 1.54) is 0 Å². The molecule has 1 aromatic heterocycles. The first-order chi connectivity index (χ1) is 9.36. The second kappa shape index (κ2) is 5.01. The molecule has 0 saturated heterocycles. The number of para-hydroxylation sites is 1. The molecule has 3 rings (SSSR count). The van der Waals surface area contributed by atoms with Crippen LogP contribution in [0.4, 0.5) is 5.95 Å². The molecule has 0 spiro atoms. The third kappa shape index (κ3) is 2.37. The van der Waals surface area contributed by atoms with E-state index in [2.05, 4.69) is 15.3 Å². The van der Waals surface area contributed by atoms with Gasteiger partial charge >= 0.3 is 0 Å². The molecule has 0 unspecified atom stereocenters. The van der Waals surface area contributed by atoms with E-state index < -0.39 is 0 Å². The molecule has 6 heteroatoms. The van der Waals surface area contributed by atoms with Gasteiger partial charge in [0.1, 0.15) is 0 Å². The zero-order valence-electron chi connectivity index (χ0n) is 10.4. The van der Waals surface area contributed by atoms with Crippen LogP contribution < -0.4 is 19.5 Å². The summed E-state index contributed by atoms with van der Waals surface area (Å²) in [7, 11) is 1.58. The van der Waals surface area contributed by atoms with Crippen molar-refractivity contribution < 1.29 is 14.2 Å². The molecule has 98 valence electrons. The molecule has 0 fully saturated rings. The van der Waals surface area contributed by atoms with Crippen molar-refractivity contribution in [2.24, 2.45) is 0 Å². The van der Waals surface area contributed by atoms with Gasteiger partial charge in [0.25, 0.3) is 0 Å². The van der Waals surface area contributed by atoms with Crippen molar-refractivity contribution in [1.82, 2.24) is 9.97 Å². The Hall–Kier alpha value is -2.50. The Labute approximate surface area is 110 Å². The van der Waals surface area contributed by atoms with Gasteiger partial charge in [0.15, 0.2) is 17.2 Å². The number of fused-ring (bicyclic) bond motifs is 1. The Bertz CT molecular complexity index is 572. The lowest BCUT2D eigenvalue weighted by molar-refractivity contribution is 0.173. The molecule has 0 radical (unpaired) electrons. The second-order valence-electron chi connectivity index (χ2n) is 3.95. The Morgan fingerprint density at radius 1 is 1.26 bits per heavy atom. The van der Waals surface area contributed by atoms with E-state index >= 15 is 0 Å². The number of rotatable bonds is 4.